The molecule has 18 heavy (non-hydrogen) atoms. The van der Waals surface area contributed by atoms with Crippen LogP contribution in [0.15, 0.2) is 0 Å². The summed E-state index contributed by atoms with van der Waals surface area (Å²) in [5.74, 6) is 0.517. The predicted octanol–water partition coefficient (Wildman–Crippen LogP) is 2.10. The van der Waals surface area contributed by atoms with Crippen LogP contribution in [0.5, 0.6) is 0 Å². The largest absolute Gasteiger partial charge is 0.393 e. The van der Waals surface area contributed by atoms with Crippen molar-refractivity contribution in [2.45, 2.75) is 52.6 Å². The maximum Gasteiger partial charge on any atom is 0.0541 e. The molecule has 1 saturated heterocycles. The molecule has 0 aliphatic carbocycles. The Morgan fingerprint density at radius 3 is 2.44 bits per heavy atom. The van der Waals surface area contributed by atoms with Crippen LogP contribution in [0, 0.1) is 11.3 Å². The summed E-state index contributed by atoms with van der Waals surface area (Å²) in [6.45, 7) is 11.2. The molecule has 1 aliphatic heterocycles. The highest BCUT2D eigenvalue weighted by atomic mass is 16.3. The Morgan fingerprint density at radius 1 is 1.39 bits per heavy atom. The van der Waals surface area contributed by atoms with E-state index in [1.54, 1.807) is 0 Å². The number of nitrogens with one attached hydrogen (secondary N) is 1. The highest BCUT2D eigenvalue weighted by molar-refractivity contribution is 4.83. The summed E-state index contributed by atoms with van der Waals surface area (Å²) in [5, 5.41) is 13.0. The van der Waals surface area contributed by atoms with Gasteiger partial charge in [0.25, 0.3) is 0 Å². The van der Waals surface area contributed by atoms with E-state index in [4.69, 9.17) is 0 Å². The van der Waals surface area contributed by atoms with Gasteiger partial charge < -0.3 is 15.3 Å². The average Bonchev–Trinajstić information content (AvgIpc) is 2.30. The molecule has 2 N–H and O–H groups in total. The van der Waals surface area contributed by atoms with E-state index in [1.807, 2.05) is 14.0 Å². The minimum atomic E-state index is -0.133. The summed E-state index contributed by atoms with van der Waals surface area (Å²) < 4.78 is 0. The number of aliphatic hydroxyl groups excluding tert-OH is 1. The van der Waals surface area contributed by atoms with Gasteiger partial charge in [0.2, 0.25) is 0 Å². The predicted molar refractivity (Wildman–Crippen MR) is 77.8 cm³/mol. The smallest absolute Gasteiger partial charge is 0.0541 e. The Hall–Kier alpha value is -0.120. The van der Waals surface area contributed by atoms with Crippen LogP contribution in [0.2, 0.25) is 0 Å². The summed E-state index contributed by atoms with van der Waals surface area (Å²) in [4.78, 5) is 2.59. The fourth-order valence-electron chi connectivity index (χ4n) is 3.39. The third-order valence-electron chi connectivity index (χ3n) is 4.38. The molecular formula is C15H32N2O. The van der Waals surface area contributed by atoms with E-state index in [0.29, 0.717) is 11.3 Å². The second-order valence-electron chi connectivity index (χ2n) is 6.45. The highest BCUT2D eigenvalue weighted by Crippen LogP contribution is 2.27. The lowest BCUT2D eigenvalue weighted by atomic mass is 9.83. The van der Waals surface area contributed by atoms with E-state index in [1.165, 1.54) is 19.4 Å². The van der Waals surface area contributed by atoms with Crippen molar-refractivity contribution in [2.75, 3.05) is 33.2 Å². The first kappa shape index (κ1) is 15.9. The maximum absolute atomic E-state index is 9.64. The van der Waals surface area contributed by atoms with Gasteiger partial charge in [-0.3, -0.25) is 0 Å². The topological polar surface area (TPSA) is 35.5 Å². The van der Waals surface area contributed by atoms with E-state index in [0.717, 1.165) is 32.5 Å². The number of nitrogens with zero attached hydrogens (tertiary/aromatic N) is 1. The molecule has 3 heteroatoms. The van der Waals surface area contributed by atoms with Gasteiger partial charge >= 0.3 is 0 Å². The Balaban J connectivity index is 2.42. The lowest BCUT2D eigenvalue weighted by Gasteiger charge is -2.39. The van der Waals surface area contributed by atoms with Crippen molar-refractivity contribution in [3.8, 4) is 0 Å². The van der Waals surface area contributed by atoms with Gasteiger partial charge in [-0.25, -0.2) is 0 Å². The van der Waals surface area contributed by atoms with Crippen LogP contribution >= 0.6 is 0 Å². The summed E-state index contributed by atoms with van der Waals surface area (Å²) in [5.41, 5.74) is 0.390. The lowest BCUT2D eigenvalue weighted by molar-refractivity contribution is 0.0538. The van der Waals surface area contributed by atoms with Crippen molar-refractivity contribution in [1.29, 1.82) is 0 Å². The van der Waals surface area contributed by atoms with Crippen LogP contribution in [-0.4, -0.2) is 49.3 Å². The first-order valence-electron chi connectivity index (χ1n) is 7.56. The van der Waals surface area contributed by atoms with E-state index >= 15 is 0 Å². The summed E-state index contributed by atoms with van der Waals surface area (Å²) >= 11 is 0. The van der Waals surface area contributed by atoms with E-state index in [-0.39, 0.29) is 6.10 Å². The van der Waals surface area contributed by atoms with Crippen LogP contribution in [-0.2, 0) is 0 Å². The zero-order valence-corrected chi connectivity index (χ0v) is 12.7. The van der Waals surface area contributed by atoms with Gasteiger partial charge in [0.15, 0.2) is 0 Å². The molecule has 0 saturated carbocycles. The number of hydrogen-bond acceptors (Lipinski definition) is 3. The Kier molecular flexibility index (Phi) is 6.61. The van der Waals surface area contributed by atoms with Crippen molar-refractivity contribution in [2.24, 2.45) is 11.3 Å². The van der Waals surface area contributed by atoms with Crippen LogP contribution in [0.25, 0.3) is 0 Å². The molecule has 2 unspecified atom stereocenters. The number of hydrogen-bond donors (Lipinski definition) is 2. The minimum Gasteiger partial charge on any atom is -0.393 e. The maximum atomic E-state index is 9.64. The van der Waals surface area contributed by atoms with E-state index < -0.39 is 0 Å². The van der Waals surface area contributed by atoms with E-state index in [2.05, 4.69) is 24.1 Å². The third-order valence-corrected chi connectivity index (χ3v) is 4.38. The molecule has 0 bridgehead atoms. The van der Waals surface area contributed by atoms with Gasteiger partial charge in [0.1, 0.15) is 0 Å². The Labute approximate surface area is 113 Å². The third kappa shape index (κ3) is 4.87. The van der Waals surface area contributed by atoms with Crippen molar-refractivity contribution < 1.29 is 5.11 Å². The van der Waals surface area contributed by atoms with Crippen LogP contribution < -0.4 is 5.32 Å². The average molecular weight is 256 g/mol. The van der Waals surface area contributed by atoms with Crippen molar-refractivity contribution in [1.82, 2.24) is 10.2 Å². The molecule has 0 aromatic carbocycles. The first-order chi connectivity index (χ1) is 8.50. The van der Waals surface area contributed by atoms with Gasteiger partial charge in [0.05, 0.1) is 6.10 Å². The molecule has 1 aliphatic rings. The van der Waals surface area contributed by atoms with Crippen molar-refractivity contribution in [3.05, 3.63) is 0 Å². The van der Waals surface area contributed by atoms with Gasteiger partial charge in [0, 0.05) is 13.1 Å². The minimum absolute atomic E-state index is 0.133. The molecule has 0 spiro atoms. The number of likely N-dealkylation sites (tertiary alicyclic amines) is 1. The first-order valence-corrected chi connectivity index (χ1v) is 7.56. The molecule has 3 nitrogen and oxygen atoms in total. The van der Waals surface area contributed by atoms with E-state index in [9.17, 15) is 5.11 Å². The molecule has 0 aromatic heterocycles. The molecule has 108 valence electrons. The van der Waals surface area contributed by atoms with Gasteiger partial charge in [-0.1, -0.05) is 20.3 Å². The van der Waals surface area contributed by atoms with Crippen LogP contribution in [0.4, 0.5) is 0 Å². The SMILES string of the molecule is CCCC(C)(CNC)CN1CCC(C(C)O)CC1. The highest BCUT2D eigenvalue weighted by Gasteiger charge is 2.29. The Bertz CT molecular complexity index is 217. The molecule has 0 amide bonds. The van der Waals surface area contributed by atoms with Crippen LogP contribution in [0.1, 0.15) is 46.5 Å². The van der Waals surface area contributed by atoms with Crippen molar-refractivity contribution >= 4 is 0 Å². The quantitative estimate of drug-likeness (QED) is 0.732. The second kappa shape index (κ2) is 7.46. The summed E-state index contributed by atoms with van der Waals surface area (Å²) in [7, 11) is 2.05. The fourth-order valence-corrected chi connectivity index (χ4v) is 3.39. The Morgan fingerprint density at radius 2 is 2.00 bits per heavy atom. The van der Waals surface area contributed by atoms with Gasteiger partial charge in [-0.15, -0.1) is 0 Å². The molecule has 1 rings (SSSR count). The van der Waals surface area contributed by atoms with Gasteiger partial charge in [-0.05, 0) is 57.7 Å². The lowest BCUT2D eigenvalue weighted by Crippen LogP contribution is -2.45. The fraction of sp³-hybridized carbons (Fsp3) is 1.00. The molecular weight excluding hydrogens is 224 g/mol. The monoisotopic (exact) mass is 256 g/mol. The molecule has 0 radical (unpaired) electrons. The van der Waals surface area contributed by atoms with Crippen LogP contribution in [0.3, 0.4) is 0 Å². The molecule has 1 heterocycles. The molecule has 0 aromatic rings. The zero-order valence-electron chi connectivity index (χ0n) is 12.7. The molecule has 2 atom stereocenters. The van der Waals surface area contributed by atoms with Gasteiger partial charge in [-0.2, -0.15) is 0 Å². The summed E-state index contributed by atoms with van der Waals surface area (Å²) in [6, 6.07) is 0. The number of piperidine rings is 1. The normalized spacial score (nSPS) is 23.8. The number of rotatable bonds is 7. The zero-order chi connectivity index (χ0) is 13.6. The summed E-state index contributed by atoms with van der Waals surface area (Å²) in [6.07, 6.45) is 4.71. The standard InChI is InChI=1S/C15H32N2O/c1-5-8-15(3,11-16-4)12-17-9-6-14(7-10-17)13(2)18/h13-14,16,18H,5-12H2,1-4H3. The second-order valence-corrected chi connectivity index (χ2v) is 6.45. The molecule has 1 fully saturated rings. The number of aliphatic hydroxyl groups is 1. The van der Waals surface area contributed by atoms with Crippen molar-refractivity contribution in [3.63, 3.8) is 0 Å².